The molecule has 1 amide bonds. The second kappa shape index (κ2) is 10.1. The predicted octanol–water partition coefficient (Wildman–Crippen LogP) is 3.49. The Morgan fingerprint density at radius 2 is 2.15 bits per heavy atom. The summed E-state index contributed by atoms with van der Waals surface area (Å²) < 4.78 is 8.37. The molecule has 1 heterocycles. The molecule has 142 valence electrons. The molecular weight excluding hydrogens is 348 g/mol. The number of benzene rings is 1. The van der Waals surface area contributed by atoms with Crippen molar-refractivity contribution in [1.82, 2.24) is 20.1 Å². The fourth-order valence-corrected chi connectivity index (χ4v) is 2.98. The van der Waals surface area contributed by atoms with Crippen LogP contribution in [-0.2, 0) is 17.8 Å². The topological polar surface area (TPSA) is 71.9 Å². The van der Waals surface area contributed by atoms with Gasteiger partial charge >= 0.3 is 0 Å². The largest absolute Gasteiger partial charge is 0.493 e. The number of carbonyl (C=O) groups excluding carboxylic acids is 1. The summed E-state index contributed by atoms with van der Waals surface area (Å²) in [5, 5.41) is 9.91. The summed E-state index contributed by atoms with van der Waals surface area (Å²) in [5.41, 5.74) is 2.33. The first-order valence-electron chi connectivity index (χ1n) is 9.12. The van der Waals surface area contributed by atoms with Crippen LogP contribution < -0.4 is 10.1 Å². The van der Waals surface area contributed by atoms with Crippen LogP contribution in [0.3, 0.4) is 0 Å². The molecule has 0 unspecified atom stereocenters. The number of rotatable bonds is 10. The number of aryl methyl sites for hydroxylation is 2. The lowest BCUT2D eigenvalue weighted by atomic mass is 10.1. The van der Waals surface area contributed by atoms with E-state index < -0.39 is 0 Å². The highest BCUT2D eigenvalue weighted by atomic mass is 32.1. The molecule has 7 heteroatoms. The van der Waals surface area contributed by atoms with E-state index in [0.717, 1.165) is 36.5 Å². The number of aromatic nitrogens is 3. The third kappa shape index (κ3) is 5.98. The summed E-state index contributed by atoms with van der Waals surface area (Å²) in [6.45, 7) is 8.09. The quantitative estimate of drug-likeness (QED) is 0.492. The van der Waals surface area contributed by atoms with Crippen molar-refractivity contribution in [1.29, 1.82) is 0 Å². The zero-order valence-corrected chi connectivity index (χ0v) is 16.6. The molecule has 0 aliphatic rings. The Kier molecular flexibility index (Phi) is 7.84. The Morgan fingerprint density at radius 1 is 1.35 bits per heavy atom. The standard InChI is InChI=1S/C19H28N4O2S/c1-4-23-17(21-22-19(23)26)10-11-20-18(24)7-5-6-12-25-16-13-14(2)8-9-15(16)3/h8-9,13H,4-7,10-12H2,1-3H3,(H,20,24)(H,22,26). The van der Waals surface area contributed by atoms with Gasteiger partial charge in [0, 0.05) is 25.9 Å². The molecule has 0 saturated carbocycles. The van der Waals surface area contributed by atoms with Crippen molar-refractivity contribution in [3.8, 4) is 5.75 Å². The molecule has 0 aliphatic heterocycles. The van der Waals surface area contributed by atoms with Crippen LogP contribution in [-0.4, -0.2) is 33.8 Å². The van der Waals surface area contributed by atoms with Crippen molar-refractivity contribution < 1.29 is 9.53 Å². The lowest BCUT2D eigenvalue weighted by Gasteiger charge is -2.10. The summed E-state index contributed by atoms with van der Waals surface area (Å²) in [6, 6.07) is 6.19. The van der Waals surface area contributed by atoms with Crippen LogP contribution in [0.2, 0.25) is 0 Å². The molecule has 0 bridgehead atoms. The second-order valence-electron chi connectivity index (χ2n) is 6.36. The van der Waals surface area contributed by atoms with Crippen molar-refractivity contribution in [3.05, 3.63) is 39.9 Å². The van der Waals surface area contributed by atoms with E-state index in [1.54, 1.807) is 0 Å². The molecule has 2 aromatic rings. The van der Waals surface area contributed by atoms with E-state index in [2.05, 4.69) is 34.6 Å². The number of unbranched alkanes of at least 4 members (excludes halogenated alkanes) is 1. The molecule has 6 nitrogen and oxygen atoms in total. The Bertz CT molecular complexity index is 782. The molecule has 2 rings (SSSR count). The highest BCUT2D eigenvalue weighted by molar-refractivity contribution is 7.71. The van der Waals surface area contributed by atoms with E-state index in [9.17, 15) is 4.79 Å². The van der Waals surface area contributed by atoms with Crippen LogP contribution in [0.4, 0.5) is 0 Å². The number of nitrogens with one attached hydrogen (secondary N) is 2. The van der Waals surface area contributed by atoms with Gasteiger partial charge in [0.2, 0.25) is 5.91 Å². The van der Waals surface area contributed by atoms with Gasteiger partial charge in [0.05, 0.1) is 6.61 Å². The zero-order valence-electron chi connectivity index (χ0n) is 15.8. The molecule has 1 aromatic carbocycles. The Labute approximate surface area is 160 Å². The number of H-pyrrole nitrogens is 1. The van der Waals surface area contributed by atoms with Gasteiger partial charge < -0.3 is 14.6 Å². The Balaban J connectivity index is 1.60. The fraction of sp³-hybridized carbons (Fsp3) is 0.526. The van der Waals surface area contributed by atoms with Crippen molar-refractivity contribution in [3.63, 3.8) is 0 Å². The predicted molar refractivity (Wildman–Crippen MR) is 105 cm³/mol. The first-order valence-corrected chi connectivity index (χ1v) is 9.53. The Morgan fingerprint density at radius 3 is 2.92 bits per heavy atom. The zero-order chi connectivity index (χ0) is 18.9. The molecule has 0 spiro atoms. The number of nitrogens with zero attached hydrogens (tertiary/aromatic N) is 2. The van der Waals surface area contributed by atoms with Crippen LogP contribution in [0.1, 0.15) is 43.1 Å². The fourth-order valence-electron chi connectivity index (χ4n) is 2.70. The maximum absolute atomic E-state index is 11.9. The molecular formula is C19H28N4O2S. The molecule has 0 radical (unpaired) electrons. The SMILES string of the molecule is CCn1c(CCNC(=O)CCCCOc2cc(C)ccc2C)n[nH]c1=S. The van der Waals surface area contributed by atoms with E-state index in [-0.39, 0.29) is 5.91 Å². The maximum Gasteiger partial charge on any atom is 0.220 e. The van der Waals surface area contributed by atoms with E-state index in [1.165, 1.54) is 5.56 Å². The molecule has 0 fully saturated rings. The monoisotopic (exact) mass is 376 g/mol. The lowest BCUT2D eigenvalue weighted by molar-refractivity contribution is -0.121. The molecule has 0 aliphatic carbocycles. The van der Waals surface area contributed by atoms with E-state index >= 15 is 0 Å². The van der Waals surface area contributed by atoms with Gasteiger partial charge in [-0.2, -0.15) is 5.10 Å². The van der Waals surface area contributed by atoms with Crippen molar-refractivity contribution in [2.75, 3.05) is 13.2 Å². The van der Waals surface area contributed by atoms with Gasteiger partial charge in [-0.3, -0.25) is 9.89 Å². The Hall–Kier alpha value is -2.15. The summed E-state index contributed by atoms with van der Waals surface area (Å²) in [5.74, 6) is 1.87. The van der Waals surface area contributed by atoms with Gasteiger partial charge in [-0.25, -0.2) is 0 Å². The third-order valence-corrected chi connectivity index (χ3v) is 4.54. The van der Waals surface area contributed by atoms with E-state index in [1.807, 2.05) is 24.5 Å². The third-order valence-electron chi connectivity index (χ3n) is 4.22. The number of hydrogen-bond acceptors (Lipinski definition) is 4. The average molecular weight is 377 g/mol. The first-order chi connectivity index (χ1) is 12.5. The highest BCUT2D eigenvalue weighted by Crippen LogP contribution is 2.19. The first kappa shape index (κ1) is 20.2. The number of hydrogen-bond donors (Lipinski definition) is 2. The van der Waals surface area contributed by atoms with Crippen LogP contribution in [0.25, 0.3) is 0 Å². The normalized spacial score (nSPS) is 10.7. The van der Waals surface area contributed by atoms with Crippen LogP contribution in [0, 0.1) is 18.6 Å². The summed E-state index contributed by atoms with van der Waals surface area (Å²) in [6.07, 6.45) is 2.85. The van der Waals surface area contributed by atoms with E-state index in [0.29, 0.717) is 30.8 Å². The van der Waals surface area contributed by atoms with Crippen molar-refractivity contribution in [2.45, 2.75) is 53.0 Å². The minimum Gasteiger partial charge on any atom is -0.493 e. The van der Waals surface area contributed by atoms with Crippen molar-refractivity contribution >= 4 is 18.1 Å². The number of amides is 1. The van der Waals surface area contributed by atoms with Gasteiger partial charge in [0.15, 0.2) is 4.77 Å². The van der Waals surface area contributed by atoms with Crippen LogP contribution in [0.5, 0.6) is 5.75 Å². The minimum atomic E-state index is 0.0638. The van der Waals surface area contributed by atoms with Gasteiger partial charge in [-0.1, -0.05) is 12.1 Å². The molecule has 26 heavy (non-hydrogen) atoms. The minimum absolute atomic E-state index is 0.0638. The molecule has 0 saturated heterocycles. The summed E-state index contributed by atoms with van der Waals surface area (Å²) in [7, 11) is 0. The molecule has 0 atom stereocenters. The maximum atomic E-state index is 11.9. The van der Waals surface area contributed by atoms with Gasteiger partial charge in [-0.05, 0) is 63.0 Å². The van der Waals surface area contributed by atoms with Gasteiger partial charge in [-0.15, -0.1) is 0 Å². The molecule has 2 N–H and O–H groups in total. The smallest absolute Gasteiger partial charge is 0.220 e. The average Bonchev–Trinajstić information content (AvgIpc) is 2.97. The summed E-state index contributed by atoms with van der Waals surface area (Å²) >= 11 is 5.15. The van der Waals surface area contributed by atoms with Gasteiger partial charge in [0.1, 0.15) is 11.6 Å². The summed E-state index contributed by atoms with van der Waals surface area (Å²) in [4.78, 5) is 11.9. The van der Waals surface area contributed by atoms with Crippen LogP contribution >= 0.6 is 12.2 Å². The highest BCUT2D eigenvalue weighted by Gasteiger charge is 2.06. The number of aromatic amines is 1. The van der Waals surface area contributed by atoms with Crippen molar-refractivity contribution in [2.24, 2.45) is 0 Å². The number of carbonyl (C=O) groups is 1. The lowest BCUT2D eigenvalue weighted by Crippen LogP contribution is -2.26. The van der Waals surface area contributed by atoms with E-state index in [4.69, 9.17) is 17.0 Å². The second-order valence-corrected chi connectivity index (χ2v) is 6.75. The number of ether oxygens (including phenoxy) is 1. The van der Waals surface area contributed by atoms with Crippen LogP contribution in [0.15, 0.2) is 18.2 Å². The van der Waals surface area contributed by atoms with Gasteiger partial charge in [0.25, 0.3) is 0 Å². The molecule has 1 aromatic heterocycles.